The average Bonchev–Trinajstić information content (AvgIpc) is 2.85. The zero-order valence-corrected chi connectivity index (χ0v) is 11.7. The Bertz CT molecular complexity index is 338. The van der Waals surface area contributed by atoms with Crippen molar-refractivity contribution in [2.75, 3.05) is 13.1 Å². The molecular weight excluding hydrogens is 240 g/mol. The molecule has 3 aliphatic rings. The van der Waals surface area contributed by atoms with Crippen LogP contribution in [0.25, 0.3) is 0 Å². The molecule has 0 aromatic heterocycles. The largest absolute Gasteiger partial charge is 0.465 e. The van der Waals surface area contributed by atoms with Crippen LogP contribution in [0.5, 0.6) is 0 Å². The predicted octanol–water partition coefficient (Wildman–Crippen LogP) is 2.67. The molecule has 4 heteroatoms. The van der Waals surface area contributed by atoms with Gasteiger partial charge in [0.2, 0.25) is 0 Å². The monoisotopic (exact) mass is 266 g/mol. The summed E-state index contributed by atoms with van der Waals surface area (Å²) in [5.74, 6) is 1.86. The molecule has 3 fully saturated rings. The topological polar surface area (TPSA) is 66.6 Å². The molecule has 2 unspecified atom stereocenters. The zero-order valence-electron chi connectivity index (χ0n) is 11.7. The molecule has 19 heavy (non-hydrogen) atoms. The highest BCUT2D eigenvalue weighted by molar-refractivity contribution is 5.65. The molecule has 2 aliphatic carbocycles. The minimum absolute atomic E-state index is 0.00192. The Balaban J connectivity index is 1.56. The number of amides is 1. The normalized spacial score (nSPS) is 39.5. The summed E-state index contributed by atoms with van der Waals surface area (Å²) in [6.07, 6.45) is 9.35. The minimum Gasteiger partial charge on any atom is -0.465 e. The van der Waals surface area contributed by atoms with E-state index in [4.69, 9.17) is 10.8 Å². The average molecular weight is 266 g/mol. The number of hydrogen-bond acceptors (Lipinski definition) is 2. The maximum absolute atomic E-state index is 11.0. The van der Waals surface area contributed by atoms with E-state index < -0.39 is 6.09 Å². The molecule has 0 bridgehead atoms. The molecule has 0 spiro atoms. The minimum atomic E-state index is -0.760. The van der Waals surface area contributed by atoms with Gasteiger partial charge in [-0.1, -0.05) is 32.1 Å². The van der Waals surface area contributed by atoms with E-state index in [-0.39, 0.29) is 5.54 Å². The number of likely N-dealkylation sites (tertiary alicyclic amines) is 1. The van der Waals surface area contributed by atoms with Crippen molar-refractivity contribution in [1.82, 2.24) is 4.90 Å². The summed E-state index contributed by atoms with van der Waals surface area (Å²) in [6, 6.07) is 0. The molecular formula is C15H26N2O2. The molecule has 2 saturated carbocycles. The van der Waals surface area contributed by atoms with Crippen LogP contribution in [0.4, 0.5) is 4.79 Å². The highest BCUT2D eigenvalue weighted by Crippen LogP contribution is 2.46. The number of rotatable bonds is 2. The van der Waals surface area contributed by atoms with Crippen molar-refractivity contribution >= 4 is 6.09 Å². The van der Waals surface area contributed by atoms with E-state index in [2.05, 4.69) is 0 Å². The second kappa shape index (κ2) is 4.97. The van der Waals surface area contributed by atoms with E-state index in [1.54, 1.807) is 4.90 Å². The molecule has 1 amide bonds. The van der Waals surface area contributed by atoms with Crippen molar-refractivity contribution in [3.8, 4) is 0 Å². The molecule has 0 aromatic rings. The van der Waals surface area contributed by atoms with Crippen molar-refractivity contribution in [2.45, 2.75) is 56.9 Å². The van der Waals surface area contributed by atoms with Crippen LogP contribution >= 0.6 is 0 Å². The summed E-state index contributed by atoms with van der Waals surface area (Å²) in [4.78, 5) is 12.6. The number of carboxylic acid groups (broad SMARTS) is 1. The number of nitrogens with two attached hydrogens (primary N) is 1. The molecule has 108 valence electrons. The van der Waals surface area contributed by atoms with Gasteiger partial charge in [-0.2, -0.15) is 0 Å². The van der Waals surface area contributed by atoms with Gasteiger partial charge in [0.15, 0.2) is 0 Å². The van der Waals surface area contributed by atoms with Crippen LogP contribution in [-0.2, 0) is 0 Å². The van der Waals surface area contributed by atoms with Crippen LogP contribution in [0.2, 0.25) is 0 Å². The quantitative estimate of drug-likeness (QED) is 0.807. The lowest BCUT2D eigenvalue weighted by Gasteiger charge is -2.32. The van der Waals surface area contributed by atoms with Gasteiger partial charge in [-0.05, 0) is 37.0 Å². The van der Waals surface area contributed by atoms with Gasteiger partial charge in [-0.15, -0.1) is 0 Å². The molecule has 1 aliphatic heterocycles. The summed E-state index contributed by atoms with van der Waals surface area (Å²) in [6.45, 7) is 1.42. The third-order valence-corrected chi connectivity index (χ3v) is 5.60. The lowest BCUT2D eigenvalue weighted by Crippen LogP contribution is -2.41. The fraction of sp³-hybridized carbons (Fsp3) is 0.933. The predicted molar refractivity (Wildman–Crippen MR) is 73.9 cm³/mol. The van der Waals surface area contributed by atoms with E-state index >= 15 is 0 Å². The Kier molecular flexibility index (Phi) is 3.46. The van der Waals surface area contributed by atoms with E-state index in [0.29, 0.717) is 24.9 Å². The highest BCUT2D eigenvalue weighted by atomic mass is 16.4. The van der Waals surface area contributed by atoms with Crippen molar-refractivity contribution in [1.29, 1.82) is 0 Å². The fourth-order valence-electron chi connectivity index (χ4n) is 4.82. The second-order valence-corrected chi connectivity index (χ2v) is 7.19. The van der Waals surface area contributed by atoms with E-state index in [1.807, 2.05) is 0 Å². The number of nitrogens with zero attached hydrogens (tertiary/aromatic N) is 1. The van der Waals surface area contributed by atoms with Crippen LogP contribution in [-0.4, -0.2) is 34.7 Å². The second-order valence-electron chi connectivity index (χ2n) is 7.19. The molecule has 1 heterocycles. The summed E-state index contributed by atoms with van der Waals surface area (Å²) >= 11 is 0. The van der Waals surface area contributed by atoms with Crippen molar-refractivity contribution in [3.05, 3.63) is 0 Å². The summed E-state index contributed by atoms with van der Waals surface area (Å²) in [5, 5.41) is 9.05. The maximum Gasteiger partial charge on any atom is 0.407 e. The van der Waals surface area contributed by atoms with Gasteiger partial charge in [0.1, 0.15) is 0 Å². The highest BCUT2D eigenvalue weighted by Gasteiger charge is 2.48. The third-order valence-electron chi connectivity index (χ3n) is 5.60. The van der Waals surface area contributed by atoms with Crippen molar-refractivity contribution < 1.29 is 9.90 Å². The number of carbonyl (C=O) groups is 1. The third kappa shape index (κ3) is 2.73. The molecule has 4 nitrogen and oxygen atoms in total. The van der Waals surface area contributed by atoms with Gasteiger partial charge in [0.05, 0.1) is 0 Å². The Morgan fingerprint density at radius 1 is 1.16 bits per heavy atom. The van der Waals surface area contributed by atoms with E-state index in [0.717, 1.165) is 18.8 Å². The maximum atomic E-state index is 11.0. The lowest BCUT2D eigenvalue weighted by atomic mass is 9.78. The van der Waals surface area contributed by atoms with Gasteiger partial charge in [0, 0.05) is 18.6 Å². The van der Waals surface area contributed by atoms with Crippen LogP contribution in [0.15, 0.2) is 0 Å². The first-order valence-electron chi connectivity index (χ1n) is 7.82. The van der Waals surface area contributed by atoms with Crippen molar-refractivity contribution in [2.24, 2.45) is 23.5 Å². The first-order valence-corrected chi connectivity index (χ1v) is 7.82. The van der Waals surface area contributed by atoms with Crippen LogP contribution in [0.1, 0.15) is 51.4 Å². The van der Waals surface area contributed by atoms with Crippen LogP contribution in [0, 0.1) is 17.8 Å². The van der Waals surface area contributed by atoms with Gasteiger partial charge in [-0.25, -0.2) is 4.79 Å². The number of hydrogen-bond donors (Lipinski definition) is 2. The molecule has 1 saturated heterocycles. The Morgan fingerprint density at radius 2 is 1.74 bits per heavy atom. The van der Waals surface area contributed by atoms with Gasteiger partial charge in [-0.3, -0.25) is 0 Å². The standard InChI is InChI=1S/C15H26N2O2/c16-15(6-11-4-2-1-3-5-11)7-12-9-17(14(18)19)10-13(12)8-15/h11-13H,1-10,16H2,(H,18,19). The summed E-state index contributed by atoms with van der Waals surface area (Å²) in [7, 11) is 0. The molecule has 3 rings (SSSR count). The molecule has 0 radical (unpaired) electrons. The van der Waals surface area contributed by atoms with Crippen LogP contribution in [0.3, 0.4) is 0 Å². The first kappa shape index (κ1) is 13.2. The summed E-state index contributed by atoms with van der Waals surface area (Å²) in [5.41, 5.74) is 6.64. The number of fused-ring (bicyclic) bond motifs is 1. The fourth-order valence-corrected chi connectivity index (χ4v) is 4.82. The summed E-state index contributed by atoms with van der Waals surface area (Å²) < 4.78 is 0. The first-order chi connectivity index (χ1) is 9.06. The van der Waals surface area contributed by atoms with Gasteiger partial charge < -0.3 is 15.7 Å². The van der Waals surface area contributed by atoms with E-state index in [9.17, 15) is 4.79 Å². The lowest BCUT2D eigenvalue weighted by molar-refractivity contribution is 0.149. The van der Waals surface area contributed by atoms with Crippen molar-refractivity contribution in [3.63, 3.8) is 0 Å². The van der Waals surface area contributed by atoms with Gasteiger partial charge in [0.25, 0.3) is 0 Å². The Labute approximate surface area is 115 Å². The Hall–Kier alpha value is -0.770. The Morgan fingerprint density at radius 3 is 2.26 bits per heavy atom. The molecule has 0 aromatic carbocycles. The zero-order chi connectivity index (χ0) is 13.5. The molecule has 2 atom stereocenters. The van der Waals surface area contributed by atoms with Gasteiger partial charge >= 0.3 is 6.09 Å². The van der Waals surface area contributed by atoms with E-state index in [1.165, 1.54) is 38.5 Å². The van der Waals surface area contributed by atoms with Crippen LogP contribution < -0.4 is 5.73 Å². The smallest absolute Gasteiger partial charge is 0.407 e. The SMILES string of the molecule is NC1(CC2CCCCC2)CC2CN(C(=O)O)CC2C1. The molecule has 3 N–H and O–H groups in total.